The van der Waals surface area contributed by atoms with Crippen LogP contribution in [0.2, 0.25) is 5.02 Å². The van der Waals surface area contributed by atoms with Crippen molar-refractivity contribution in [2.75, 3.05) is 18.4 Å². The number of nitrogens with zero attached hydrogens (tertiary/aromatic N) is 2. The van der Waals surface area contributed by atoms with Gasteiger partial charge in [0.2, 0.25) is 0 Å². The van der Waals surface area contributed by atoms with E-state index < -0.39 is 6.10 Å². The molecule has 0 bridgehead atoms. The number of fused-ring (bicyclic) bond motifs is 1. The molecule has 0 unspecified atom stereocenters. The van der Waals surface area contributed by atoms with Crippen molar-refractivity contribution in [3.8, 4) is 0 Å². The monoisotopic (exact) mass is 371 g/mol. The molecule has 1 aliphatic heterocycles. The summed E-state index contributed by atoms with van der Waals surface area (Å²) >= 11 is 6.39. The third kappa shape index (κ3) is 3.29. The molecule has 2 atom stereocenters. The van der Waals surface area contributed by atoms with Crippen LogP contribution in [0.25, 0.3) is 0 Å². The second kappa shape index (κ2) is 7.25. The predicted octanol–water partition coefficient (Wildman–Crippen LogP) is 3.43. The summed E-state index contributed by atoms with van der Waals surface area (Å²) in [5, 5.41) is 14.0. The average Bonchev–Trinajstić information content (AvgIpc) is 2.99. The summed E-state index contributed by atoms with van der Waals surface area (Å²) in [6, 6.07) is 9.38. The maximum Gasteiger partial charge on any atom is 0.255 e. The molecule has 2 aromatic rings. The molecule has 1 aliphatic carbocycles. The van der Waals surface area contributed by atoms with Crippen LogP contribution in [0.15, 0.2) is 36.5 Å². The minimum atomic E-state index is -0.528. The van der Waals surface area contributed by atoms with Crippen molar-refractivity contribution in [3.05, 3.63) is 58.2 Å². The maximum atomic E-state index is 12.6. The van der Waals surface area contributed by atoms with Crippen LogP contribution in [-0.4, -0.2) is 40.1 Å². The number of anilines is 1. The molecular weight excluding hydrogens is 350 g/mol. The predicted molar refractivity (Wildman–Crippen MR) is 102 cm³/mol. The number of hydrogen-bond acceptors (Lipinski definition) is 4. The van der Waals surface area contributed by atoms with Crippen LogP contribution in [0.4, 0.5) is 5.82 Å². The number of hydrogen-bond donors (Lipinski definition) is 2. The Morgan fingerprint density at radius 3 is 2.77 bits per heavy atom. The minimum absolute atomic E-state index is 0.0168. The van der Waals surface area contributed by atoms with Crippen LogP contribution >= 0.6 is 11.6 Å². The number of amides is 1. The summed E-state index contributed by atoms with van der Waals surface area (Å²) < 4.78 is 0. The lowest BCUT2D eigenvalue weighted by molar-refractivity contribution is 0.0724. The van der Waals surface area contributed by atoms with E-state index in [1.807, 2.05) is 29.2 Å². The highest BCUT2D eigenvalue weighted by molar-refractivity contribution is 6.33. The fourth-order valence-electron chi connectivity index (χ4n) is 3.84. The lowest BCUT2D eigenvalue weighted by Gasteiger charge is -2.27. The molecule has 1 saturated heterocycles. The molecule has 4 rings (SSSR count). The summed E-state index contributed by atoms with van der Waals surface area (Å²) in [4.78, 5) is 18.8. The molecule has 2 N–H and O–H groups in total. The van der Waals surface area contributed by atoms with Gasteiger partial charge in [-0.2, -0.15) is 0 Å². The Bertz CT molecular complexity index is 820. The fourth-order valence-corrected chi connectivity index (χ4v) is 4.06. The van der Waals surface area contributed by atoms with Gasteiger partial charge in [0.25, 0.3) is 5.91 Å². The Morgan fingerprint density at radius 1 is 1.23 bits per heavy atom. The van der Waals surface area contributed by atoms with E-state index in [1.165, 1.54) is 6.42 Å². The van der Waals surface area contributed by atoms with Gasteiger partial charge in [0.1, 0.15) is 5.82 Å². The molecule has 1 aromatic carbocycles. The zero-order valence-corrected chi connectivity index (χ0v) is 15.2. The molecule has 6 heteroatoms. The number of nitrogens with one attached hydrogen (secondary N) is 1. The number of rotatable bonds is 3. The van der Waals surface area contributed by atoms with Gasteiger partial charge in [-0.15, -0.1) is 0 Å². The number of halogens is 1. The topological polar surface area (TPSA) is 65.5 Å². The lowest BCUT2D eigenvalue weighted by atomic mass is 10.1. The van der Waals surface area contributed by atoms with Gasteiger partial charge in [0.05, 0.1) is 22.7 Å². The van der Waals surface area contributed by atoms with E-state index >= 15 is 0 Å². The van der Waals surface area contributed by atoms with Crippen molar-refractivity contribution < 1.29 is 9.90 Å². The maximum absolute atomic E-state index is 12.6. The first-order valence-corrected chi connectivity index (χ1v) is 9.48. The number of likely N-dealkylation sites (tertiary alicyclic amines) is 1. The molecule has 5 nitrogen and oxygen atoms in total. The number of carbonyl (C=O) groups excluding carboxylic acids is 1. The second-order valence-corrected chi connectivity index (χ2v) is 7.41. The zero-order chi connectivity index (χ0) is 18.1. The zero-order valence-electron chi connectivity index (χ0n) is 14.5. The molecule has 1 fully saturated rings. The van der Waals surface area contributed by atoms with Gasteiger partial charge in [-0.3, -0.25) is 4.79 Å². The van der Waals surface area contributed by atoms with Gasteiger partial charge in [-0.25, -0.2) is 4.98 Å². The van der Waals surface area contributed by atoms with Crippen LogP contribution < -0.4 is 5.32 Å². The minimum Gasteiger partial charge on any atom is -0.390 e. The summed E-state index contributed by atoms with van der Waals surface area (Å²) in [7, 11) is 0. The standard InChI is InChI=1S/C20H22ClN3O2/c21-16-10-14(20(26)24-8-4-1-5-9-24)12-22-19(16)23-18-15-7-3-2-6-13(15)11-17(18)25/h2-3,6-7,10,12,17-18,25H,1,4-5,8-9,11H2,(H,22,23)/t17-,18+/m1/s1. The summed E-state index contributed by atoms with van der Waals surface area (Å²) in [6.07, 6.45) is 4.92. The van der Waals surface area contributed by atoms with E-state index in [-0.39, 0.29) is 11.9 Å². The molecule has 26 heavy (non-hydrogen) atoms. The SMILES string of the molecule is O=C(c1cnc(N[C@H]2c3ccccc3C[C@H]2O)c(Cl)c1)N1CCCCC1. The summed E-state index contributed by atoms with van der Waals surface area (Å²) in [6.45, 7) is 1.59. The number of aliphatic hydroxyl groups excluding tert-OH is 1. The Labute approximate surface area is 158 Å². The van der Waals surface area contributed by atoms with E-state index in [2.05, 4.69) is 10.3 Å². The van der Waals surface area contributed by atoms with Crippen molar-refractivity contribution >= 4 is 23.3 Å². The molecule has 1 aromatic heterocycles. The van der Waals surface area contributed by atoms with Crippen molar-refractivity contribution in [1.29, 1.82) is 0 Å². The molecule has 0 spiro atoms. The van der Waals surface area contributed by atoms with Crippen LogP contribution in [-0.2, 0) is 6.42 Å². The molecule has 0 saturated carbocycles. The highest BCUT2D eigenvalue weighted by Crippen LogP contribution is 2.35. The van der Waals surface area contributed by atoms with Crippen molar-refractivity contribution in [2.24, 2.45) is 0 Å². The van der Waals surface area contributed by atoms with E-state index in [4.69, 9.17) is 11.6 Å². The fraction of sp³-hybridized carbons (Fsp3) is 0.400. The Kier molecular flexibility index (Phi) is 4.83. The van der Waals surface area contributed by atoms with Crippen molar-refractivity contribution in [2.45, 2.75) is 37.8 Å². The Balaban J connectivity index is 1.52. The molecule has 1 amide bonds. The largest absolute Gasteiger partial charge is 0.390 e. The van der Waals surface area contributed by atoms with Crippen LogP contribution in [0.1, 0.15) is 46.8 Å². The number of piperidine rings is 1. The Morgan fingerprint density at radius 2 is 2.00 bits per heavy atom. The highest BCUT2D eigenvalue weighted by Gasteiger charge is 2.31. The van der Waals surface area contributed by atoms with Crippen LogP contribution in [0, 0.1) is 0 Å². The number of benzene rings is 1. The highest BCUT2D eigenvalue weighted by atomic mass is 35.5. The normalized spacial score (nSPS) is 22.2. The molecule has 0 radical (unpaired) electrons. The first-order valence-electron chi connectivity index (χ1n) is 9.11. The third-order valence-corrected chi connectivity index (χ3v) is 5.52. The number of aliphatic hydroxyl groups is 1. The van der Waals surface area contributed by atoms with Gasteiger partial charge in [-0.05, 0) is 36.5 Å². The quantitative estimate of drug-likeness (QED) is 0.867. The second-order valence-electron chi connectivity index (χ2n) is 7.00. The van der Waals surface area contributed by atoms with Gasteiger partial charge < -0.3 is 15.3 Å². The van der Waals surface area contributed by atoms with Crippen LogP contribution in [0.5, 0.6) is 0 Å². The first kappa shape index (κ1) is 17.3. The van der Waals surface area contributed by atoms with Gasteiger partial charge in [0, 0.05) is 25.7 Å². The Hall–Kier alpha value is -2.11. The van der Waals surface area contributed by atoms with Gasteiger partial charge in [-0.1, -0.05) is 35.9 Å². The third-order valence-electron chi connectivity index (χ3n) is 5.23. The van der Waals surface area contributed by atoms with E-state index in [1.54, 1.807) is 12.3 Å². The average molecular weight is 372 g/mol. The molecule has 136 valence electrons. The van der Waals surface area contributed by atoms with E-state index in [0.29, 0.717) is 22.8 Å². The summed E-state index contributed by atoms with van der Waals surface area (Å²) in [5.41, 5.74) is 2.70. The number of aromatic nitrogens is 1. The molecule has 2 heterocycles. The van der Waals surface area contributed by atoms with Gasteiger partial charge in [0.15, 0.2) is 0 Å². The molecule has 2 aliphatic rings. The van der Waals surface area contributed by atoms with Crippen LogP contribution in [0.3, 0.4) is 0 Å². The number of carbonyl (C=O) groups is 1. The van der Waals surface area contributed by atoms with Crippen molar-refractivity contribution in [1.82, 2.24) is 9.88 Å². The molecular formula is C20H22ClN3O2. The lowest BCUT2D eigenvalue weighted by Crippen LogP contribution is -2.35. The van der Waals surface area contributed by atoms with E-state index in [0.717, 1.165) is 37.1 Å². The summed E-state index contributed by atoms with van der Waals surface area (Å²) in [5.74, 6) is 0.472. The van der Waals surface area contributed by atoms with Crippen molar-refractivity contribution in [3.63, 3.8) is 0 Å². The van der Waals surface area contributed by atoms with Gasteiger partial charge >= 0.3 is 0 Å². The van der Waals surface area contributed by atoms with E-state index in [9.17, 15) is 9.90 Å². The number of pyridine rings is 1. The smallest absolute Gasteiger partial charge is 0.255 e. The first-order chi connectivity index (χ1) is 12.6.